The first-order valence-electron chi connectivity index (χ1n) is 9.59. The summed E-state index contributed by atoms with van der Waals surface area (Å²) in [6, 6.07) is 8.25. The number of nitrogens with one attached hydrogen (secondary N) is 1. The lowest BCUT2D eigenvalue weighted by Crippen LogP contribution is -2.22. The number of amides is 1. The second-order valence-electron chi connectivity index (χ2n) is 7.09. The molecule has 0 aromatic heterocycles. The Morgan fingerprint density at radius 3 is 2.38 bits per heavy atom. The highest BCUT2D eigenvalue weighted by atomic mass is 19.4. The number of alkyl halides is 3. The van der Waals surface area contributed by atoms with Crippen LogP contribution in [0.15, 0.2) is 36.4 Å². The van der Waals surface area contributed by atoms with Gasteiger partial charge in [0.1, 0.15) is 0 Å². The van der Waals surface area contributed by atoms with E-state index in [-0.39, 0.29) is 5.69 Å². The van der Waals surface area contributed by atoms with Gasteiger partial charge in [-0.3, -0.25) is 4.79 Å². The molecule has 2 aromatic rings. The lowest BCUT2D eigenvalue weighted by atomic mass is 10.1. The van der Waals surface area contributed by atoms with Crippen molar-refractivity contribution in [3.8, 4) is 11.5 Å². The number of anilines is 2. The van der Waals surface area contributed by atoms with Crippen LogP contribution in [0.1, 0.15) is 35.2 Å². The van der Waals surface area contributed by atoms with Crippen molar-refractivity contribution in [3.05, 3.63) is 47.5 Å². The van der Waals surface area contributed by atoms with Crippen molar-refractivity contribution in [3.63, 3.8) is 0 Å². The third-order valence-corrected chi connectivity index (χ3v) is 5.03. The number of benzene rings is 2. The van der Waals surface area contributed by atoms with Crippen LogP contribution in [0.4, 0.5) is 24.5 Å². The summed E-state index contributed by atoms with van der Waals surface area (Å²) in [6.45, 7) is 2.50. The maximum Gasteiger partial charge on any atom is 0.416 e. The molecule has 5 nitrogen and oxygen atoms in total. The van der Waals surface area contributed by atoms with E-state index in [1.807, 2.05) is 4.90 Å². The minimum atomic E-state index is -4.49. The van der Waals surface area contributed by atoms with Crippen molar-refractivity contribution in [1.29, 1.82) is 0 Å². The van der Waals surface area contributed by atoms with E-state index in [4.69, 9.17) is 9.47 Å². The number of nitrogens with zero attached hydrogens (tertiary/aromatic N) is 1. The second kappa shape index (κ2) is 7.85. The van der Waals surface area contributed by atoms with Crippen LogP contribution in [0.25, 0.3) is 0 Å². The summed E-state index contributed by atoms with van der Waals surface area (Å²) in [7, 11) is 0. The Balaban J connectivity index is 1.63. The van der Waals surface area contributed by atoms with E-state index in [2.05, 4.69) is 5.32 Å². The summed E-state index contributed by atoms with van der Waals surface area (Å²) in [5.74, 6) is 0.509. The monoisotopic (exact) mass is 406 g/mol. The van der Waals surface area contributed by atoms with E-state index in [1.54, 1.807) is 18.2 Å². The summed E-state index contributed by atoms with van der Waals surface area (Å²) < 4.78 is 50.8. The highest BCUT2D eigenvalue weighted by Crippen LogP contribution is 2.37. The van der Waals surface area contributed by atoms with Gasteiger partial charge in [-0.25, -0.2) is 0 Å². The van der Waals surface area contributed by atoms with Crippen molar-refractivity contribution >= 4 is 17.3 Å². The van der Waals surface area contributed by atoms with Crippen LogP contribution in [-0.2, 0) is 6.18 Å². The molecule has 2 aliphatic rings. The molecule has 154 valence electrons. The molecule has 1 N–H and O–H groups in total. The normalized spacial score (nSPS) is 16.4. The summed E-state index contributed by atoms with van der Waals surface area (Å²) >= 11 is 0. The molecule has 0 bridgehead atoms. The van der Waals surface area contributed by atoms with Crippen LogP contribution in [-0.4, -0.2) is 32.2 Å². The zero-order chi connectivity index (χ0) is 20.4. The lowest BCUT2D eigenvalue weighted by Gasteiger charge is -2.23. The Hall–Kier alpha value is -2.90. The van der Waals surface area contributed by atoms with Crippen molar-refractivity contribution in [1.82, 2.24) is 0 Å². The molecule has 2 heterocycles. The van der Waals surface area contributed by atoms with Gasteiger partial charge in [-0.15, -0.1) is 0 Å². The van der Waals surface area contributed by atoms with Crippen LogP contribution in [0.5, 0.6) is 11.5 Å². The molecule has 1 amide bonds. The van der Waals surface area contributed by atoms with Gasteiger partial charge in [-0.1, -0.05) is 0 Å². The minimum absolute atomic E-state index is 0.152. The highest BCUT2D eigenvalue weighted by molar-refractivity contribution is 6.06. The number of hydrogen-bond donors (Lipinski definition) is 1. The predicted octanol–water partition coefficient (Wildman–Crippen LogP) is 4.72. The number of halogens is 3. The molecule has 0 spiro atoms. The van der Waals surface area contributed by atoms with E-state index < -0.39 is 17.6 Å². The van der Waals surface area contributed by atoms with E-state index in [9.17, 15) is 18.0 Å². The van der Waals surface area contributed by atoms with Crippen molar-refractivity contribution < 1.29 is 27.4 Å². The highest BCUT2D eigenvalue weighted by Gasteiger charge is 2.32. The maximum absolute atomic E-state index is 13.2. The smallest absolute Gasteiger partial charge is 0.416 e. The van der Waals surface area contributed by atoms with E-state index in [0.29, 0.717) is 36.0 Å². The topological polar surface area (TPSA) is 50.8 Å². The number of hydrogen-bond acceptors (Lipinski definition) is 4. The quantitative estimate of drug-likeness (QED) is 0.802. The molecule has 0 aliphatic carbocycles. The van der Waals surface area contributed by atoms with Gasteiger partial charge >= 0.3 is 6.18 Å². The van der Waals surface area contributed by atoms with E-state index in [1.165, 1.54) is 6.07 Å². The van der Waals surface area contributed by atoms with Gasteiger partial charge in [0.2, 0.25) is 0 Å². The van der Waals surface area contributed by atoms with Gasteiger partial charge in [0.05, 0.1) is 30.2 Å². The van der Waals surface area contributed by atoms with Crippen LogP contribution in [0, 0.1) is 0 Å². The van der Waals surface area contributed by atoms with Gasteiger partial charge in [0.25, 0.3) is 5.91 Å². The first-order chi connectivity index (χ1) is 13.9. The average Bonchev–Trinajstić information content (AvgIpc) is 3.12. The SMILES string of the molecule is O=C(Nc1cc(C(F)(F)F)ccc1N1CCCC1)c1ccc2c(c1)OCCCO2. The van der Waals surface area contributed by atoms with Gasteiger partial charge in [0.15, 0.2) is 11.5 Å². The fourth-order valence-electron chi connectivity index (χ4n) is 3.55. The Kier molecular flexibility index (Phi) is 5.25. The fraction of sp³-hybridized carbons (Fsp3) is 0.381. The summed E-state index contributed by atoms with van der Waals surface area (Å²) in [5, 5.41) is 2.66. The molecule has 2 aromatic carbocycles. The van der Waals surface area contributed by atoms with Crippen LogP contribution >= 0.6 is 0 Å². The van der Waals surface area contributed by atoms with Crippen molar-refractivity contribution in [2.75, 3.05) is 36.5 Å². The van der Waals surface area contributed by atoms with Crippen LogP contribution in [0.2, 0.25) is 0 Å². The molecule has 0 atom stereocenters. The molecular formula is C21H21F3N2O3. The number of ether oxygens (including phenoxy) is 2. The Morgan fingerprint density at radius 1 is 0.931 bits per heavy atom. The molecule has 2 aliphatic heterocycles. The minimum Gasteiger partial charge on any atom is -0.490 e. The Bertz CT molecular complexity index is 909. The van der Waals surface area contributed by atoms with E-state index in [0.717, 1.165) is 44.5 Å². The number of rotatable bonds is 3. The largest absolute Gasteiger partial charge is 0.490 e. The predicted molar refractivity (Wildman–Crippen MR) is 103 cm³/mol. The molecule has 1 fully saturated rings. The second-order valence-corrected chi connectivity index (χ2v) is 7.09. The lowest BCUT2D eigenvalue weighted by molar-refractivity contribution is -0.137. The van der Waals surface area contributed by atoms with Gasteiger partial charge < -0.3 is 19.7 Å². The van der Waals surface area contributed by atoms with Crippen LogP contribution in [0.3, 0.4) is 0 Å². The average molecular weight is 406 g/mol. The third kappa shape index (κ3) is 4.26. The van der Waals surface area contributed by atoms with Gasteiger partial charge in [-0.05, 0) is 49.2 Å². The standard InChI is InChI=1S/C21H21F3N2O3/c22-21(23,24)15-5-6-17(26-8-1-2-9-26)16(13-15)25-20(27)14-4-7-18-19(12-14)29-11-3-10-28-18/h4-7,12-13H,1-3,8-11H2,(H,25,27). The molecule has 29 heavy (non-hydrogen) atoms. The zero-order valence-corrected chi connectivity index (χ0v) is 15.7. The molecule has 0 radical (unpaired) electrons. The van der Waals surface area contributed by atoms with Crippen molar-refractivity contribution in [2.45, 2.75) is 25.4 Å². The zero-order valence-electron chi connectivity index (χ0n) is 15.7. The molecule has 0 unspecified atom stereocenters. The van der Waals surface area contributed by atoms with E-state index >= 15 is 0 Å². The molecule has 4 rings (SSSR count). The number of carbonyl (C=O) groups excluding carboxylic acids is 1. The third-order valence-electron chi connectivity index (χ3n) is 5.03. The number of carbonyl (C=O) groups is 1. The molecular weight excluding hydrogens is 385 g/mol. The molecule has 8 heteroatoms. The number of fused-ring (bicyclic) bond motifs is 1. The molecule has 0 saturated carbocycles. The van der Waals surface area contributed by atoms with Gasteiger partial charge in [0, 0.05) is 25.1 Å². The maximum atomic E-state index is 13.2. The van der Waals surface area contributed by atoms with Crippen LogP contribution < -0.4 is 19.7 Å². The first-order valence-corrected chi connectivity index (χ1v) is 9.59. The fourth-order valence-corrected chi connectivity index (χ4v) is 3.55. The Morgan fingerprint density at radius 2 is 1.66 bits per heavy atom. The summed E-state index contributed by atoms with van der Waals surface area (Å²) in [6.07, 6.45) is -1.81. The summed E-state index contributed by atoms with van der Waals surface area (Å²) in [4.78, 5) is 14.8. The molecule has 1 saturated heterocycles. The van der Waals surface area contributed by atoms with Crippen molar-refractivity contribution in [2.24, 2.45) is 0 Å². The van der Waals surface area contributed by atoms with Gasteiger partial charge in [-0.2, -0.15) is 13.2 Å². The Labute approximate surface area is 166 Å². The summed E-state index contributed by atoms with van der Waals surface area (Å²) in [5.41, 5.74) is 0.241. The first kappa shape index (κ1) is 19.4.